The largest absolute Gasteiger partial charge is 0.393 e. The summed E-state index contributed by atoms with van der Waals surface area (Å²) in [4.78, 5) is 10.0. The molecule has 1 aliphatic rings. The maximum atomic E-state index is 10.0. The Bertz CT molecular complexity index is 205. The summed E-state index contributed by atoms with van der Waals surface area (Å²) in [5.41, 5.74) is 0.884. The lowest BCUT2D eigenvalue weighted by Crippen LogP contribution is -2.37. The van der Waals surface area contributed by atoms with Crippen molar-refractivity contribution in [2.24, 2.45) is 5.18 Å². The highest BCUT2D eigenvalue weighted by Gasteiger charge is 2.28. The average Bonchev–Trinajstić information content (AvgIpc) is 2.03. The van der Waals surface area contributed by atoms with Crippen molar-refractivity contribution in [3.8, 4) is 0 Å². The van der Waals surface area contributed by atoms with Crippen molar-refractivity contribution in [1.82, 2.24) is 0 Å². The molecule has 0 aromatic heterocycles. The molecule has 0 saturated carbocycles. The Morgan fingerprint density at radius 3 is 2.92 bits per heavy atom. The molecule has 1 aliphatic heterocycles. The number of aliphatic hydroxyl groups is 1. The molecular formula is C9H15NO3. The fraction of sp³-hybridized carbons (Fsp3) is 0.778. The van der Waals surface area contributed by atoms with Gasteiger partial charge in [0.1, 0.15) is 6.54 Å². The quantitative estimate of drug-likeness (QED) is 0.531. The van der Waals surface area contributed by atoms with Gasteiger partial charge in [-0.05, 0) is 6.92 Å². The molecule has 1 N–H and O–H groups in total. The molecule has 4 heteroatoms. The van der Waals surface area contributed by atoms with Gasteiger partial charge in [-0.1, -0.05) is 17.3 Å². The van der Waals surface area contributed by atoms with E-state index in [1.54, 1.807) is 0 Å². The highest BCUT2D eigenvalue weighted by atomic mass is 16.5. The Labute approximate surface area is 77.6 Å². The van der Waals surface area contributed by atoms with E-state index in [1.165, 1.54) is 0 Å². The second kappa shape index (κ2) is 4.48. The van der Waals surface area contributed by atoms with Crippen LogP contribution in [-0.2, 0) is 4.74 Å². The van der Waals surface area contributed by atoms with Crippen LogP contribution >= 0.6 is 0 Å². The van der Waals surface area contributed by atoms with Crippen molar-refractivity contribution in [1.29, 1.82) is 0 Å². The van der Waals surface area contributed by atoms with Crippen LogP contribution in [0.4, 0.5) is 0 Å². The first-order valence-corrected chi connectivity index (χ1v) is 4.41. The van der Waals surface area contributed by atoms with Gasteiger partial charge in [0.2, 0.25) is 0 Å². The number of rotatable bonds is 3. The minimum atomic E-state index is -0.401. The molecule has 3 unspecified atom stereocenters. The zero-order valence-electron chi connectivity index (χ0n) is 7.77. The number of aliphatic hydroxyl groups excluding tert-OH is 1. The van der Waals surface area contributed by atoms with Gasteiger partial charge >= 0.3 is 0 Å². The number of hydrogen-bond acceptors (Lipinski definition) is 4. The summed E-state index contributed by atoms with van der Waals surface area (Å²) in [6, 6.07) is 0. The number of nitroso groups, excluding NO2 is 1. The van der Waals surface area contributed by atoms with Crippen LogP contribution in [0, 0.1) is 4.91 Å². The molecule has 0 amide bonds. The predicted molar refractivity (Wildman–Crippen MR) is 49.4 cm³/mol. The Balaban J connectivity index is 2.51. The van der Waals surface area contributed by atoms with E-state index in [4.69, 9.17) is 4.74 Å². The lowest BCUT2D eigenvalue weighted by atomic mass is 9.97. The van der Waals surface area contributed by atoms with Crippen LogP contribution in [0.5, 0.6) is 0 Å². The summed E-state index contributed by atoms with van der Waals surface area (Å²) in [6.45, 7) is 5.73. The predicted octanol–water partition coefficient (Wildman–Crippen LogP) is 1.24. The molecule has 0 spiro atoms. The summed E-state index contributed by atoms with van der Waals surface area (Å²) < 4.78 is 5.51. The van der Waals surface area contributed by atoms with Crippen molar-refractivity contribution in [2.45, 2.75) is 38.1 Å². The fourth-order valence-corrected chi connectivity index (χ4v) is 1.51. The first-order valence-electron chi connectivity index (χ1n) is 4.41. The summed E-state index contributed by atoms with van der Waals surface area (Å²) in [6.07, 6.45) is 0.292. The van der Waals surface area contributed by atoms with E-state index in [2.05, 4.69) is 11.8 Å². The number of nitrogens with zero attached hydrogens (tertiary/aromatic N) is 1. The molecule has 4 nitrogen and oxygen atoms in total. The second-order valence-corrected chi connectivity index (χ2v) is 3.53. The standard InChI is InChI=1S/C9H15NO3/c1-6(2)9-4-7(11)3-8(13-9)5-10-12/h7-9,11H,1,3-5H2,2H3. The smallest absolute Gasteiger partial charge is 0.107 e. The van der Waals surface area contributed by atoms with E-state index >= 15 is 0 Å². The van der Waals surface area contributed by atoms with Crippen LogP contribution in [0.15, 0.2) is 17.3 Å². The summed E-state index contributed by atoms with van der Waals surface area (Å²) in [5.74, 6) is 0. The van der Waals surface area contributed by atoms with Crippen molar-refractivity contribution >= 4 is 0 Å². The monoisotopic (exact) mass is 185 g/mol. The van der Waals surface area contributed by atoms with E-state index in [-0.39, 0.29) is 18.8 Å². The molecule has 13 heavy (non-hydrogen) atoms. The van der Waals surface area contributed by atoms with Crippen molar-refractivity contribution in [3.63, 3.8) is 0 Å². The molecular weight excluding hydrogens is 170 g/mol. The van der Waals surface area contributed by atoms with E-state index < -0.39 is 6.10 Å². The Morgan fingerprint density at radius 2 is 2.38 bits per heavy atom. The van der Waals surface area contributed by atoms with Gasteiger partial charge in [-0.3, -0.25) is 0 Å². The molecule has 0 radical (unpaired) electrons. The van der Waals surface area contributed by atoms with Gasteiger partial charge in [-0.2, -0.15) is 4.91 Å². The van der Waals surface area contributed by atoms with E-state index in [9.17, 15) is 10.0 Å². The van der Waals surface area contributed by atoms with Crippen molar-refractivity contribution < 1.29 is 9.84 Å². The maximum Gasteiger partial charge on any atom is 0.107 e. The summed E-state index contributed by atoms with van der Waals surface area (Å²) in [7, 11) is 0. The van der Waals surface area contributed by atoms with Crippen molar-refractivity contribution in [3.05, 3.63) is 17.1 Å². The first kappa shape index (κ1) is 10.3. The molecule has 1 heterocycles. The number of hydrogen-bond donors (Lipinski definition) is 1. The first-order chi connectivity index (χ1) is 6.13. The minimum Gasteiger partial charge on any atom is -0.393 e. The molecule has 1 fully saturated rings. The normalized spacial score (nSPS) is 34.2. The molecule has 0 aromatic carbocycles. The summed E-state index contributed by atoms with van der Waals surface area (Å²) >= 11 is 0. The second-order valence-electron chi connectivity index (χ2n) is 3.53. The Morgan fingerprint density at radius 1 is 1.69 bits per heavy atom. The van der Waals surface area contributed by atoms with Crippen LogP contribution in [0.3, 0.4) is 0 Å². The zero-order valence-corrected chi connectivity index (χ0v) is 7.77. The highest BCUT2D eigenvalue weighted by Crippen LogP contribution is 2.23. The van der Waals surface area contributed by atoms with Crippen LogP contribution in [-0.4, -0.2) is 30.0 Å². The highest BCUT2D eigenvalue weighted by molar-refractivity contribution is 5.01. The third-order valence-corrected chi connectivity index (χ3v) is 2.21. The lowest BCUT2D eigenvalue weighted by molar-refractivity contribution is -0.0753. The fourth-order valence-electron chi connectivity index (χ4n) is 1.51. The zero-order chi connectivity index (χ0) is 9.84. The van der Waals surface area contributed by atoms with E-state index in [1.807, 2.05) is 6.92 Å². The molecule has 0 aromatic rings. The molecule has 74 valence electrons. The third kappa shape index (κ3) is 2.90. The van der Waals surface area contributed by atoms with Gasteiger partial charge in [-0.15, -0.1) is 0 Å². The third-order valence-electron chi connectivity index (χ3n) is 2.21. The molecule has 0 aliphatic carbocycles. The molecule has 0 bridgehead atoms. The van der Waals surface area contributed by atoms with Crippen LogP contribution in [0.2, 0.25) is 0 Å². The molecule has 3 atom stereocenters. The molecule has 1 rings (SSSR count). The Hall–Kier alpha value is -0.740. The maximum absolute atomic E-state index is 10.0. The Kier molecular flexibility index (Phi) is 3.57. The lowest BCUT2D eigenvalue weighted by Gasteiger charge is -2.32. The van der Waals surface area contributed by atoms with Crippen molar-refractivity contribution in [2.75, 3.05) is 6.54 Å². The summed E-state index contributed by atoms with van der Waals surface area (Å²) in [5, 5.41) is 12.2. The average molecular weight is 185 g/mol. The van der Waals surface area contributed by atoms with Gasteiger partial charge in [0.15, 0.2) is 0 Å². The van der Waals surface area contributed by atoms with Gasteiger partial charge < -0.3 is 9.84 Å². The molecule has 1 saturated heterocycles. The topological polar surface area (TPSA) is 58.9 Å². The minimum absolute atomic E-state index is 0.112. The van der Waals surface area contributed by atoms with Crippen LogP contribution in [0.1, 0.15) is 19.8 Å². The SMILES string of the molecule is C=C(C)C1CC(O)CC(CN=O)O1. The number of ether oxygens (including phenoxy) is 1. The van der Waals surface area contributed by atoms with Crippen LogP contribution in [0.25, 0.3) is 0 Å². The van der Waals surface area contributed by atoms with Gasteiger partial charge in [0.25, 0.3) is 0 Å². The van der Waals surface area contributed by atoms with Crippen LogP contribution < -0.4 is 0 Å². The van der Waals surface area contributed by atoms with E-state index in [0.717, 1.165) is 5.57 Å². The van der Waals surface area contributed by atoms with Gasteiger partial charge in [0.05, 0.1) is 18.3 Å². The van der Waals surface area contributed by atoms with Gasteiger partial charge in [0, 0.05) is 12.8 Å². The van der Waals surface area contributed by atoms with E-state index in [0.29, 0.717) is 12.8 Å². The van der Waals surface area contributed by atoms with Gasteiger partial charge in [-0.25, -0.2) is 0 Å².